The van der Waals surface area contributed by atoms with Gasteiger partial charge in [0, 0.05) is 16.8 Å². The molecule has 8 heteroatoms. The van der Waals surface area contributed by atoms with Crippen molar-refractivity contribution in [2.24, 2.45) is 12.0 Å². The predicted molar refractivity (Wildman–Crippen MR) is 121 cm³/mol. The molecule has 0 atom stereocenters. The van der Waals surface area contributed by atoms with E-state index in [1.54, 1.807) is 11.3 Å². The van der Waals surface area contributed by atoms with Crippen molar-refractivity contribution in [1.82, 2.24) is 25.4 Å². The van der Waals surface area contributed by atoms with Gasteiger partial charge in [0.25, 0.3) is 0 Å². The smallest absolute Gasteiger partial charge is 0.192 e. The molecule has 2 aromatic heterocycles. The Hall–Kier alpha value is -1.94. The first-order chi connectivity index (χ1) is 12.6. The van der Waals surface area contributed by atoms with Crippen molar-refractivity contribution in [2.45, 2.75) is 33.5 Å². The summed E-state index contributed by atoms with van der Waals surface area (Å²) >= 11 is 1.79. The third-order valence-electron chi connectivity index (χ3n) is 4.09. The molecule has 27 heavy (non-hydrogen) atoms. The Morgan fingerprint density at radius 3 is 2.41 bits per heavy atom. The summed E-state index contributed by atoms with van der Waals surface area (Å²) in [4.78, 5) is 7.30. The van der Waals surface area contributed by atoms with Crippen molar-refractivity contribution in [2.75, 3.05) is 0 Å². The van der Waals surface area contributed by atoms with Crippen LogP contribution in [0.1, 0.15) is 27.0 Å². The summed E-state index contributed by atoms with van der Waals surface area (Å²) < 4.78 is 1.98. The largest absolute Gasteiger partial charge is 0.351 e. The van der Waals surface area contributed by atoms with Crippen molar-refractivity contribution in [3.63, 3.8) is 0 Å². The van der Waals surface area contributed by atoms with Crippen LogP contribution in [0.2, 0.25) is 0 Å². The maximum Gasteiger partial charge on any atom is 0.192 e. The number of halogens is 1. The van der Waals surface area contributed by atoms with Gasteiger partial charge in [-0.2, -0.15) is 0 Å². The number of nitrogens with one attached hydrogen (secondary N) is 2. The normalized spacial score (nSPS) is 11.1. The molecule has 2 heterocycles. The molecule has 0 saturated heterocycles. The first-order valence-electron chi connectivity index (χ1n) is 8.58. The van der Waals surface area contributed by atoms with Crippen molar-refractivity contribution in [3.05, 3.63) is 69.4 Å². The number of aliphatic imine (C=N–C) groups is 1. The molecule has 6 nitrogen and oxygen atoms in total. The molecular weight excluding hydrogens is 471 g/mol. The van der Waals surface area contributed by atoms with Crippen molar-refractivity contribution in [3.8, 4) is 0 Å². The molecule has 0 aliphatic heterocycles. The Kier molecular flexibility index (Phi) is 8.23. The van der Waals surface area contributed by atoms with Crippen LogP contribution in [0.5, 0.6) is 0 Å². The lowest BCUT2D eigenvalue weighted by Crippen LogP contribution is -2.37. The Morgan fingerprint density at radius 1 is 1.04 bits per heavy atom. The Balaban J connectivity index is 0.00000261. The molecule has 144 valence electrons. The minimum atomic E-state index is 0. The molecule has 0 bridgehead atoms. The van der Waals surface area contributed by atoms with Gasteiger partial charge in [0.1, 0.15) is 5.82 Å². The fourth-order valence-corrected chi connectivity index (χ4v) is 3.28. The molecule has 0 aliphatic rings. The standard InChI is InChI=1S/C19H24N6S.HI/c1-14-9-10-17(26-14)12-21-19(20-11-16-7-5-4-6-8-16)22-13-18-24-23-15(2)25(18)3;/h4-10H,11-13H2,1-3H3,(H2,20,21,22);1H. The highest BCUT2D eigenvalue weighted by Gasteiger charge is 2.07. The van der Waals surface area contributed by atoms with Crippen LogP contribution in [0.25, 0.3) is 0 Å². The topological polar surface area (TPSA) is 67.1 Å². The molecule has 3 aromatic rings. The third-order valence-corrected chi connectivity index (χ3v) is 5.09. The summed E-state index contributed by atoms with van der Waals surface area (Å²) in [7, 11) is 1.97. The van der Waals surface area contributed by atoms with Crippen LogP contribution in [0, 0.1) is 13.8 Å². The number of aromatic nitrogens is 3. The number of thiophene rings is 1. The van der Waals surface area contributed by atoms with Gasteiger partial charge >= 0.3 is 0 Å². The van der Waals surface area contributed by atoms with Crippen LogP contribution in [-0.4, -0.2) is 20.7 Å². The van der Waals surface area contributed by atoms with Crippen LogP contribution in [0.3, 0.4) is 0 Å². The minimum Gasteiger partial charge on any atom is -0.351 e. The summed E-state index contributed by atoms with van der Waals surface area (Å²) in [5.74, 6) is 2.54. The average Bonchev–Trinajstić information content (AvgIpc) is 3.21. The molecular formula is C19H25IN6S. The van der Waals surface area contributed by atoms with E-state index in [4.69, 9.17) is 4.99 Å². The number of hydrogen-bond donors (Lipinski definition) is 2. The van der Waals surface area contributed by atoms with Gasteiger partial charge in [-0.15, -0.1) is 45.5 Å². The van der Waals surface area contributed by atoms with Crippen molar-refractivity contribution < 1.29 is 0 Å². The second-order valence-corrected chi connectivity index (χ2v) is 7.46. The lowest BCUT2D eigenvalue weighted by molar-refractivity contribution is 0.715. The first-order valence-corrected chi connectivity index (χ1v) is 9.40. The predicted octanol–water partition coefficient (Wildman–Crippen LogP) is 3.55. The van der Waals surface area contributed by atoms with Gasteiger partial charge in [-0.3, -0.25) is 0 Å². The van der Waals surface area contributed by atoms with Crippen LogP contribution in [-0.2, 0) is 26.7 Å². The summed E-state index contributed by atoms with van der Waals surface area (Å²) in [5.41, 5.74) is 1.18. The van der Waals surface area contributed by atoms with Crippen molar-refractivity contribution >= 4 is 41.3 Å². The highest BCUT2D eigenvalue weighted by Crippen LogP contribution is 2.14. The van der Waals surface area contributed by atoms with Crippen molar-refractivity contribution in [1.29, 1.82) is 0 Å². The minimum absolute atomic E-state index is 0. The molecule has 3 rings (SSSR count). The molecule has 0 fully saturated rings. The first kappa shape index (κ1) is 21.4. The molecule has 0 amide bonds. The molecule has 0 radical (unpaired) electrons. The van der Waals surface area contributed by atoms with Gasteiger partial charge in [0.2, 0.25) is 0 Å². The fourth-order valence-electron chi connectivity index (χ4n) is 2.45. The third kappa shape index (κ3) is 6.31. The monoisotopic (exact) mass is 496 g/mol. The fraction of sp³-hybridized carbons (Fsp3) is 0.316. The summed E-state index contributed by atoms with van der Waals surface area (Å²) in [6.07, 6.45) is 0. The Bertz CT molecular complexity index is 871. The average molecular weight is 496 g/mol. The lowest BCUT2D eigenvalue weighted by atomic mass is 10.2. The van der Waals surface area contributed by atoms with Crippen LogP contribution >= 0.6 is 35.3 Å². The number of nitrogens with zero attached hydrogens (tertiary/aromatic N) is 4. The molecule has 0 saturated carbocycles. The summed E-state index contributed by atoms with van der Waals surface area (Å²) in [6, 6.07) is 14.5. The zero-order valence-corrected chi connectivity index (χ0v) is 18.9. The second-order valence-electron chi connectivity index (χ2n) is 6.09. The zero-order chi connectivity index (χ0) is 18.4. The van der Waals surface area contributed by atoms with Crippen LogP contribution in [0.15, 0.2) is 47.5 Å². The van der Waals surface area contributed by atoms with E-state index in [9.17, 15) is 0 Å². The zero-order valence-electron chi connectivity index (χ0n) is 15.8. The molecule has 0 unspecified atom stereocenters. The molecule has 0 spiro atoms. The number of hydrogen-bond acceptors (Lipinski definition) is 4. The van der Waals surface area contributed by atoms with E-state index in [-0.39, 0.29) is 24.0 Å². The highest BCUT2D eigenvalue weighted by molar-refractivity contribution is 14.0. The maximum absolute atomic E-state index is 4.71. The van der Waals surface area contributed by atoms with Gasteiger partial charge in [-0.1, -0.05) is 30.3 Å². The number of benzene rings is 1. The SMILES string of the molecule is Cc1ccc(CNC(=NCc2ccccc2)NCc2nnc(C)n2C)s1.I. The van der Waals surface area contributed by atoms with Gasteiger partial charge in [-0.25, -0.2) is 4.99 Å². The van der Waals surface area contributed by atoms with E-state index in [1.165, 1.54) is 15.3 Å². The van der Waals surface area contributed by atoms with E-state index in [1.807, 2.05) is 36.7 Å². The molecule has 1 aromatic carbocycles. The van der Waals surface area contributed by atoms with E-state index in [0.717, 1.165) is 24.2 Å². The summed E-state index contributed by atoms with van der Waals surface area (Å²) in [5, 5.41) is 15.1. The van der Waals surface area contributed by atoms with E-state index >= 15 is 0 Å². The van der Waals surface area contributed by atoms with Gasteiger partial charge in [-0.05, 0) is 31.5 Å². The molecule has 2 N–H and O–H groups in total. The maximum atomic E-state index is 4.71. The van der Waals surface area contributed by atoms with E-state index in [2.05, 4.69) is 52.0 Å². The van der Waals surface area contributed by atoms with Gasteiger partial charge in [0.05, 0.1) is 19.6 Å². The van der Waals surface area contributed by atoms with Gasteiger partial charge < -0.3 is 15.2 Å². The lowest BCUT2D eigenvalue weighted by Gasteiger charge is -2.12. The number of aryl methyl sites for hydroxylation is 2. The Morgan fingerprint density at radius 2 is 1.78 bits per heavy atom. The highest BCUT2D eigenvalue weighted by atomic mass is 127. The summed E-state index contributed by atoms with van der Waals surface area (Å²) in [6.45, 7) is 6.00. The number of rotatable bonds is 6. The van der Waals surface area contributed by atoms with Gasteiger partial charge in [0.15, 0.2) is 11.8 Å². The second kappa shape index (κ2) is 10.4. The number of guanidine groups is 1. The van der Waals surface area contributed by atoms with Crippen LogP contribution < -0.4 is 10.6 Å². The Labute approximate surface area is 181 Å². The van der Waals surface area contributed by atoms with E-state index in [0.29, 0.717) is 13.1 Å². The molecule has 0 aliphatic carbocycles. The van der Waals surface area contributed by atoms with E-state index < -0.39 is 0 Å². The quantitative estimate of drug-likeness (QED) is 0.311. The van der Waals surface area contributed by atoms with Crippen LogP contribution in [0.4, 0.5) is 0 Å².